The number of rotatable bonds is 4. The maximum Gasteiger partial charge on any atom is 0.257 e. The summed E-state index contributed by atoms with van der Waals surface area (Å²) >= 11 is 0. The molecule has 0 aromatic heterocycles. The van der Waals surface area contributed by atoms with Crippen LogP contribution in [0.1, 0.15) is 27.0 Å². The molecule has 1 aliphatic heterocycles. The second-order valence-electron chi connectivity index (χ2n) is 6.37. The zero-order valence-electron chi connectivity index (χ0n) is 14.5. The van der Waals surface area contributed by atoms with Crippen LogP contribution in [0.3, 0.4) is 0 Å². The maximum atomic E-state index is 14.7. The summed E-state index contributed by atoms with van der Waals surface area (Å²) in [6, 6.07) is 8.07. The molecule has 2 aromatic carbocycles. The Balaban J connectivity index is 1.93. The number of carbonyl (C=O) groups excluding carboxylic acids is 1. The number of sulfonamides is 1. The van der Waals surface area contributed by atoms with Crippen molar-refractivity contribution in [3.05, 3.63) is 58.4 Å². The lowest BCUT2D eigenvalue weighted by Gasteiger charge is -2.19. The third-order valence-corrected chi connectivity index (χ3v) is 4.76. The Morgan fingerprint density at radius 3 is 2.65 bits per heavy atom. The Morgan fingerprint density at radius 1 is 1.19 bits per heavy atom. The summed E-state index contributed by atoms with van der Waals surface area (Å²) in [4.78, 5) is 12.7. The SMILES string of the molecule is Cc1ccc(NS(C)(=O)=O)c(C(=O)Nc2ccc3c(c2F)CCNC3)c1. The van der Waals surface area contributed by atoms with E-state index in [1.54, 1.807) is 25.1 Å². The molecular formula is C18H20FN3O3S. The van der Waals surface area contributed by atoms with Crippen LogP contribution in [0.2, 0.25) is 0 Å². The van der Waals surface area contributed by atoms with E-state index >= 15 is 0 Å². The highest BCUT2D eigenvalue weighted by molar-refractivity contribution is 7.92. The predicted octanol–water partition coefficient (Wildman–Crippen LogP) is 2.40. The van der Waals surface area contributed by atoms with Crippen molar-refractivity contribution in [3.8, 4) is 0 Å². The normalized spacial score (nSPS) is 13.8. The average Bonchev–Trinajstić information content (AvgIpc) is 2.58. The Bertz CT molecular complexity index is 974. The van der Waals surface area contributed by atoms with Gasteiger partial charge < -0.3 is 10.6 Å². The molecule has 8 heteroatoms. The van der Waals surface area contributed by atoms with Gasteiger partial charge in [0.05, 0.1) is 23.2 Å². The summed E-state index contributed by atoms with van der Waals surface area (Å²) in [5.74, 6) is -1.02. The molecule has 0 saturated carbocycles. The molecule has 0 bridgehead atoms. The third kappa shape index (κ3) is 4.03. The number of halogens is 1. The van der Waals surface area contributed by atoms with Crippen molar-refractivity contribution in [1.29, 1.82) is 0 Å². The monoisotopic (exact) mass is 377 g/mol. The molecule has 3 N–H and O–H groups in total. The largest absolute Gasteiger partial charge is 0.319 e. The molecular weight excluding hydrogens is 357 g/mol. The first-order valence-electron chi connectivity index (χ1n) is 8.15. The first-order valence-corrected chi connectivity index (χ1v) is 10.0. The molecule has 6 nitrogen and oxygen atoms in total. The summed E-state index contributed by atoms with van der Waals surface area (Å²) in [6.07, 6.45) is 1.56. The maximum absolute atomic E-state index is 14.7. The Labute approximate surface area is 151 Å². The Hall–Kier alpha value is -2.45. The second kappa shape index (κ2) is 7.05. The molecule has 1 aliphatic rings. The highest BCUT2D eigenvalue weighted by Crippen LogP contribution is 2.26. The van der Waals surface area contributed by atoms with Crippen molar-refractivity contribution in [2.45, 2.75) is 19.9 Å². The molecule has 1 amide bonds. The molecule has 26 heavy (non-hydrogen) atoms. The molecule has 3 rings (SSSR count). The Morgan fingerprint density at radius 2 is 1.92 bits per heavy atom. The van der Waals surface area contributed by atoms with Gasteiger partial charge in [0.1, 0.15) is 5.82 Å². The molecule has 138 valence electrons. The zero-order valence-corrected chi connectivity index (χ0v) is 15.3. The van der Waals surface area contributed by atoms with Crippen molar-refractivity contribution in [2.75, 3.05) is 22.8 Å². The van der Waals surface area contributed by atoms with Crippen LogP contribution in [-0.4, -0.2) is 27.1 Å². The van der Waals surface area contributed by atoms with Gasteiger partial charge in [-0.2, -0.15) is 0 Å². The molecule has 0 fully saturated rings. The lowest BCUT2D eigenvalue weighted by Crippen LogP contribution is -2.25. The number of aryl methyl sites for hydroxylation is 1. The van der Waals surface area contributed by atoms with Gasteiger partial charge in [-0.05, 0) is 49.2 Å². The topological polar surface area (TPSA) is 87.3 Å². The van der Waals surface area contributed by atoms with Gasteiger partial charge in [0.15, 0.2) is 0 Å². The molecule has 0 radical (unpaired) electrons. The first-order chi connectivity index (χ1) is 12.2. The van der Waals surface area contributed by atoms with E-state index in [-0.39, 0.29) is 16.9 Å². The summed E-state index contributed by atoms with van der Waals surface area (Å²) in [5, 5.41) is 5.73. The van der Waals surface area contributed by atoms with E-state index < -0.39 is 21.7 Å². The smallest absolute Gasteiger partial charge is 0.257 e. The van der Waals surface area contributed by atoms with Crippen molar-refractivity contribution >= 4 is 27.3 Å². The number of carbonyl (C=O) groups is 1. The zero-order chi connectivity index (χ0) is 18.9. The van der Waals surface area contributed by atoms with E-state index in [0.717, 1.165) is 17.4 Å². The van der Waals surface area contributed by atoms with Crippen molar-refractivity contribution in [3.63, 3.8) is 0 Å². The molecule has 2 aromatic rings. The van der Waals surface area contributed by atoms with Crippen molar-refractivity contribution in [2.24, 2.45) is 0 Å². The minimum absolute atomic E-state index is 0.0856. The summed E-state index contributed by atoms with van der Waals surface area (Å²) in [7, 11) is -3.55. The fourth-order valence-electron chi connectivity index (χ4n) is 2.95. The van der Waals surface area contributed by atoms with E-state index in [0.29, 0.717) is 25.1 Å². The summed E-state index contributed by atoms with van der Waals surface area (Å²) < 4.78 is 40.1. The van der Waals surface area contributed by atoms with Gasteiger partial charge in [-0.15, -0.1) is 0 Å². The number of anilines is 2. The molecule has 0 saturated heterocycles. The fraction of sp³-hybridized carbons (Fsp3) is 0.278. The molecule has 1 heterocycles. The minimum Gasteiger partial charge on any atom is -0.319 e. The third-order valence-electron chi connectivity index (χ3n) is 4.17. The van der Waals surface area contributed by atoms with Crippen LogP contribution in [0.5, 0.6) is 0 Å². The second-order valence-corrected chi connectivity index (χ2v) is 8.12. The molecule has 0 atom stereocenters. The van der Waals surface area contributed by atoms with Crippen LogP contribution >= 0.6 is 0 Å². The van der Waals surface area contributed by atoms with Gasteiger partial charge in [0, 0.05) is 6.54 Å². The van der Waals surface area contributed by atoms with Crippen molar-refractivity contribution < 1.29 is 17.6 Å². The molecule has 0 unspecified atom stereocenters. The van der Waals surface area contributed by atoms with Gasteiger partial charge in [-0.3, -0.25) is 9.52 Å². The molecule has 0 spiro atoms. The summed E-state index contributed by atoms with van der Waals surface area (Å²) in [6.45, 7) is 3.07. The van der Waals surface area contributed by atoms with E-state index in [1.807, 2.05) is 0 Å². The fourth-order valence-corrected chi connectivity index (χ4v) is 3.53. The van der Waals surface area contributed by atoms with Gasteiger partial charge in [-0.1, -0.05) is 17.7 Å². The van der Waals surface area contributed by atoms with Gasteiger partial charge in [0.2, 0.25) is 10.0 Å². The van der Waals surface area contributed by atoms with Gasteiger partial charge >= 0.3 is 0 Å². The van der Waals surface area contributed by atoms with E-state index in [2.05, 4.69) is 15.4 Å². The highest BCUT2D eigenvalue weighted by Gasteiger charge is 2.20. The van der Waals surface area contributed by atoms with Gasteiger partial charge in [-0.25, -0.2) is 12.8 Å². The van der Waals surface area contributed by atoms with E-state index in [9.17, 15) is 17.6 Å². The summed E-state index contributed by atoms with van der Waals surface area (Å²) in [5.41, 5.74) is 2.63. The van der Waals surface area contributed by atoms with Gasteiger partial charge in [0.25, 0.3) is 5.91 Å². The molecule has 0 aliphatic carbocycles. The lowest BCUT2D eigenvalue weighted by molar-refractivity contribution is 0.102. The van der Waals surface area contributed by atoms with Crippen molar-refractivity contribution in [1.82, 2.24) is 5.32 Å². The first kappa shape index (κ1) is 18.3. The van der Waals surface area contributed by atoms with Crippen LogP contribution < -0.4 is 15.4 Å². The van der Waals surface area contributed by atoms with Crippen LogP contribution in [-0.2, 0) is 23.0 Å². The average molecular weight is 377 g/mol. The van der Waals surface area contributed by atoms with Crippen LogP contribution in [0.25, 0.3) is 0 Å². The van der Waals surface area contributed by atoms with E-state index in [1.165, 1.54) is 12.1 Å². The number of hydrogen-bond donors (Lipinski definition) is 3. The van der Waals surface area contributed by atoms with E-state index in [4.69, 9.17) is 0 Å². The lowest BCUT2D eigenvalue weighted by atomic mass is 9.99. The highest BCUT2D eigenvalue weighted by atomic mass is 32.2. The number of amides is 1. The minimum atomic E-state index is -3.55. The number of fused-ring (bicyclic) bond motifs is 1. The quantitative estimate of drug-likeness (QED) is 0.764. The van der Waals surface area contributed by atoms with Crippen LogP contribution in [0.15, 0.2) is 30.3 Å². The standard InChI is InChI=1S/C18H20FN3O3S/c1-11-3-5-15(22-26(2,24)25)14(9-11)18(23)21-16-6-4-12-10-20-8-7-13(12)17(16)19/h3-6,9,20,22H,7-8,10H2,1-2H3,(H,21,23). The Kier molecular flexibility index (Phi) is 4.97. The number of hydrogen-bond acceptors (Lipinski definition) is 4. The predicted molar refractivity (Wildman–Crippen MR) is 99.4 cm³/mol. The van der Waals surface area contributed by atoms with Crippen LogP contribution in [0.4, 0.5) is 15.8 Å². The number of benzene rings is 2. The number of nitrogens with one attached hydrogen (secondary N) is 3. The van der Waals surface area contributed by atoms with Crippen LogP contribution in [0, 0.1) is 12.7 Å².